The Morgan fingerprint density at radius 1 is 1.50 bits per heavy atom. The van der Waals surface area contributed by atoms with Gasteiger partial charge in [0.05, 0.1) is 11.0 Å². The van der Waals surface area contributed by atoms with Crippen molar-refractivity contribution in [3.8, 4) is 0 Å². The van der Waals surface area contributed by atoms with Gasteiger partial charge in [-0.25, -0.2) is 4.98 Å². The van der Waals surface area contributed by atoms with Crippen molar-refractivity contribution in [1.29, 1.82) is 0 Å². The van der Waals surface area contributed by atoms with E-state index >= 15 is 0 Å². The van der Waals surface area contributed by atoms with Gasteiger partial charge in [-0.3, -0.25) is 4.79 Å². The van der Waals surface area contributed by atoms with Crippen LogP contribution in [0.4, 0.5) is 0 Å². The summed E-state index contributed by atoms with van der Waals surface area (Å²) in [6.07, 6.45) is 0.354. The van der Waals surface area contributed by atoms with Gasteiger partial charge in [0.2, 0.25) is 5.91 Å². The summed E-state index contributed by atoms with van der Waals surface area (Å²) in [5.41, 5.74) is 3.10. The Balaban J connectivity index is 2.13. The predicted octanol–water partition coefficient (Wildman–Crippen LogP) is 2.13. The minimum Gasteiger partial charge on any atom is -0.352 e. The quantitative estimate of drug-likeness (QED) is 0.861. The smallest absolute Gasteiger partial charge is 0.221 e. The van der Waals surface area contributed by atoms with Crippen LogP contribution in [0.5, 0.6) is 0 Å². The van der Waals surface area contributed by atoms with Gasteiger partial charge in [-0.1, -0.05) is 6.07 Å². The van der Waals surface area contributed by atoms with Crippen LogP contribution in [0.25, 0.3) is 11.0 Å². The van der Waals surface area contributed by atoms with E-state index in [1.165, 1.54) is 0 Å². The van der Waals surface area contributed by atoms with Crippen LogP contribution >= 0.6 is 11.6 Å². The van der Waals surface area contributed by atoms with Gasteiger partial charge in [0.1, 0.15) is 5.82 Å². The van der Waals surface area contributed by atoms with Crippen molar-refractivity contribution in [2.24, 2.45) is 7.05 Å². The Morgan fingerprint density at radius 3 is 3.00 bits per heavy atom. The number of carbonyl (C=O) groups is 1. The van der Waals surface area contributed by atoms with Gasteiger partial charge in [-0.15, -0.1) is 11.6 Å². The topological polar surface area (TPSA) is 46.9 Å². The van der Waals surface area contributed by atoms with Crippen LogP contribution in [0, 0.1) is 6.92 Å². The van der Waals surface area contributed by atoms with E-state index in [2.05, 4.69) is 10.3 Å². The number of nitrogens with one attached hydrogen (secondary N) is 1. The van der Waals surface area contributed by atoms with Crippen molar-refractivity contribution in [2.75, 3.05) is 5.88 Å². The highest BCUT2D eigenvalue weighted by atomic mass is 35.5. The zero-order valence-electron chi connectivity index (χ0n) is 10.5. The third-order valence-electron chi connectivity index (χ3n) is 2.98. The van der Waals surface area contributed by atoms with Gasteiger partial charge in [-0.2, -0.15) is 0 Å². The summed E-state index contributed by atoms with van der Waals surface area (Å²) < 4.78 is 2.05. The van der Waals surface area contributed by atoms with Gasteiger partial charge >= 0.3 is 0 Å². The molecule has 0 spiro atoms. The molecule has 1 aromatic carbocycles. The number of benzene rings is 1. The summed E-state index contributed by atoms with van der Waals surface area (Å²) in [5.74, 6) is 1.31. The van der Waals surface area contributed by atoms with Crippen LogP contribution < -0.4 is 5.32 Å². The Morgan fingerprint density at radius 2 is 2.28 bits per heavy atom. The zero-order chi connectivity index (χ0) is 13.1. The largest absolute Gasteiger partial charge is 0.352 e. The molecule has 2 rings (SSSR count). The Bertz CT molecular complexity index is 577. The molecule has 4 nitrogen and oxygen atoms in total. The first kappa shape index (κ1) is 12.9. The maximum Gasteiger partial charge on any atom is 0.221 e. The molecule has 0 aliphatic heterocycles. The molecule has 18 heavy (non-hydrogen) atoms. The maximum absolute atomic E-state index is 11.3. The van der Waals surface area contributed by atoms with E-state index in [0.29, 0.717) is 18.8 Å². The van der Waals surface area contributed by atoms with Gasteiger partial charge in [0.25, 0.3) is 0 Å². The third kappa shape index (κ3) is 2.64. The average molecular weight is 266 g/mol. The number of nitrogens with zero attached hydrogens (tertiary/aromatic N) is 2. The Labute approximate surface area is 111 Å². The highest BCUT2D eigenvalue weighted by Crippen LogP contribution is 2.16. The van der Waals surface area contributed by atoms with E-state index in [9.17, 15) is 4.79 Å². The van der Waals surface area contributed by atoms with Gasteiger partial charge in [0.15, 0.2) is 0 Å². The molecule has 96 valence electrons. The number of halogens is 1. The molecule has 0 aliphatic carbocycles. The van der Waals surface area contributed by atoms with Gasteiger partial charge in [0, 0.05) is 25.9 Å². The molecular weight excluding hydrogens is 250 g/mol. The lowest BCUT2D eigenvalue weighted by molar-refractivity contribution is -0.120. The van der Waals surface area contributed by atoms with E-state index in [4.69, 9.17) is 11.6 Å². The van der Waals surface area contributed by atoms with Crippen LogP contribution in [-0.2, 0) is 18.4 Å². The van der Waals surface area contributed by atoms with E-state index < -0.39 is 0 Å². The fourth-order valence-corrected chi connectivity index (χ4v) is 2.02. The number of alkyl halides is 1. The van der Waals surface area contributed by atoms with Crippen molar-refractivity contribution < 1.29 is 4.79 Å². The summed E-state index contributed by atoms with van der Waals surface area (Å²) in [6.45, 7) is 2.49. The second kappa shape index (κ2) is 5.40. The number of hydrogen-bond donors (Lipinski definition) is 1. The van der Waals surface area contributed by atoms with E-state index in [-0.39, 0.29) is 5.91 Å². The molecule has 0 saturated heterocycles. The maximum atomic E-state index is 11.3. The zero-order valence-corrected chi connectivity index (χ0v) is 11.3. The van der Waals surface area contributed by atoms with E-state index in [1.807, 2.05) is 36.7 Å². The van der Waals surface area contributed by atoms with Gasteiger partial charge < -0.3 is 9.88 Å². The average Bonchev–Trinajstić information content (AvgIpc) is 2.63. The van der Waals surface area contributed by atoms with Crippen molar-refractivity contribution in [1.82, 2.24) is 14.9 Å². The first-order valence-electron chi connectivity index (χ1n) is 5.86. The lowest BCUT2D eigenvalue weighted by Gasteiger charge is -2.04. The minimum absolute atomic E-state index is 0.0256. The first-order valence-corrected chi connectivity index (χ1v) is 6.40. The fourth-order valence-electron chi connectivity index (χ4n) is 1.85. The van der Waals surface area contributed by atoms with Crippen molar-refractivity contribution in [3.63, 3.8) is 0 Å². The van der Waals surface area contributed by atoms with Gasteiger partial charge in [-0.05, 0) is 24.6 Å². The number of fused-ring (bicyclic) bond motifs is 1. The molecule has 1 amide bonds. The molecule has 0 aliphatic rings. The lowest BCUT2D eigenvalue weighted by atomic mass is 10.2. The molecule has 0 unspecified atom stereocenters. The lowest BCUT2D eigenvalue weighted by Crippen LogP contribution is -2.22. The number of aryl methyl sites for hydroxylation is 2. The first-order chi connectivity index (χ1) is 8.61. The molecule has 1 N–H and O–H groups in total. The molecule has 0 saturated carbocycles. The van der Waals surface area contributed by atoms with E-state index in [0.717, 1.165) is 22.4 Å². The fraction of sp³-hybridized carbons (Fsp3) is 0.385. The molecule has 0 radical (unpaired) electrons. The molecule has 0 bridgehead atoms. The van der Waals surface area contributed by atoms with Crippen LogP contribution in [0.1, 0.15) is 17.8 Å². The Kier molecular flexibility index (Phi) is 3.87. The standard InChI is InChI=1S/C13H16ClN3O/c1-9-16-11-7-10(3-4-12(11)17(9)2)8-15-13(18)5-6-14/h3-4,7H,5-6,8H2,1-2H3,(H,15,18). The SMILES string of the molecule is Cc1nc2cc(CNC(=O)CCCl)ccc2n1C. The second-order valence-electron chi connectivity index (χ2n) is 4.26. The number of rotatable bonds is 4. The molecule has 1 heterocycles. The normalized spacial score (nSPS) is 10.8. The summed E-state index contributed by atoms with van der Waals surface area (Å²) in [5, 5.41) is 2.83. The van der Waals surface area contributed by atoms with E-state index in [1.54, 1.807) is 0 Å². The van der Waals surface area contributed by atoms with Crippen LogP contribution in [-0.4, -0.2) is 21.3 Å². The highest BCUT2D eigenvalue weighted by Gasteiger charge is 2.05. The number of amides is 1. The number of carbonyl (C=O) groups excluding carboxylic acids is 1. The number of aromatic nitrogens is 2. The summed E-state index contributed by atoms with van der Waals surface area (Å²) in [7, 11) is 1.99. The summed E-state index contributed by atoms with van der Waals surface area (Å²) >= 11 is 5.50. The predicted molar refractivity (Wildman–Crippen MR) is 72.6 cm³/mol. The molecule has 2 aromatic rings. The van der Waals surface area contributed by atoms with Crippen molar-refractivity contribution in [3.05, 3.63) is 29.6 Å². The second-order valence-corrected chi connectivity index (χ2v) is 4.63. The minimum atomic E-state index is -0.0256. The summed E-state index contributed by atoms with van der Waals surface area (Å²) in [4.78, 5) is 15.8. The third-order valence-corrected chi connectivity index (χ3v) is 3.17. The van der Waals surface area contributed by atoms with Crippen LogP contribution in [0.2, 0.25) is 0 Å². The highest BCUT2D eigenvalue weighted by molar-refractivity contribution is 6.18. The number of imidazole rings is 1. The molecule has 0 fully saturated rings. The molecule has 1 aromatic heterocycles. The Hall–Kier alpha value is -1.55. The van der Waals surface area contributed by atoms with Crippen LogP contribution in [0.3, 0.4) is 0 Å². The molecule has 0 atom stereocenters. The number of hydrogen-bond acceptors (Lipinski definition) is 2. The summed E-state index contributed by atoms with van der Waals surface area (Å²) in [6, 6.07) is 6.03. The van der Waals surface area contributed by atoms with Crippen molar-refractivity contribution >= 4 is 28.5 Å². The van der Waals surface area contributed by atoms with Crippen LogP contribution in [0.15, 0.2) is 18.2 Å². The monoisotopic (exact) mass is 265 g/mol. The van der Waals surface area contributed by atoms with Crippen molar-refractivity contribution in [2.45, 2.75) is 19.9 Å². The molecular formula is C13H16ClN3O. The molecule has 5 heteroatoms.